The Bertz CT molecular complexity index is 1410. The topological polar surface area (TPSA) is 84.7 Å². The monoisotopic (exact) mass is 456 g/mol. The number of carbonyl (C=O) groups is 1. The van der Waals surface area contributed by atoms with Crippen molar-refractivity contribution >= 4 is 17.5 Å². The van der Waals surface area contributed by atoms with Crippen molar-refractivity contribution in [3.8, 4) is 22.5 Å². The van der Waals surface area contributed by atoms with Gasteiger partial charge in [0.05, 0.1) is 11.6 Å². The summed E-state index contributed by atoms with van der Waals surface area (Å²) in [5.74, 6) is 0.358. The largest absolute Gasteiger partial charge is 0.345 e. The van der Waals surface area contributed by atoms with Crippen LogP contribution in [0.2, 0.25) is 0 Å². The van der Waals surface area contributed by atoms with Crippen molar-refractivity contribution in [1.82, 2.24) is 25.1 Å². The average molecular weight is 457 g/mol. The summed E-state index contributed by atoms with van der Waals surface area (Å²) in [6.45, 7) is 8.31. The van der Waals surface area contributed by atoms with Crippen LogP contribution in [0.25, 0.3) is 22.5 Å². The molecule has 2 aromatic heterocycles. The summed E-state index contributed by atoms with van der Waals surface area (Å²) in [5.41, 5.74) is 6.21. The highest BCUT2D eigenvalue weighted by molar-refractivity contribution is 5.99. The number of benzene rings is 2. The minimum atomic E-state index is -0.392. The molecule has 0 fully saturated rings. The van der Waals surface area contributed by atoms with E-state index < -0.39 is 5.82 Å². The normalized spacial score (nSPS) is 14.7. The van der Waals surface area contributed by atoms with Gasteiger partial charge in [-0.25, -0.2) is 9.07 Å². The van der Waals surface area contributed by atoms with Crippen LogP contribution in [-0.4, -0.2) is 25.7 Å². The van der Waals surface area contributed by atoms with Crippen LogP contribution < -0.4 is 10.6 Å². The highest BCUT2D eigenvalue weighted by Gasteiger charge is 2.25. The van der Waals surface area contributed by atoms with E-state index in [9.17, 15) is 4.79 Å². The molecule has 0 saturated heterocycles. The molecule has 3 heterocycles. The van der Waals surface area contributed by atoms with Crippen molar-refractivity contribution < 1.29 is 9.18 Å². The standard InChI is InChI=1S/C26H25FN6O/c1-5-33-26(30-18-8-9-19-21(11-18)16(4)29-25(19)34)31-24(32-33)22-10-14(2)20(12-23(22)27)17-7-6-15(3)28-13-17/h6-13,16H,5H2,1-4H3,(H,29,34)(H,30,31,32). The zero-order valence-electron chi connectivity index (χ0n) is 19.5. The molecule has 1 atom stereocenters. The highest BCUT2D eigenvalue weighted by atomic mass is 19.1. The number of aryl methyl sites for hydroxylation is 3. The third kappa shape index (κ3) is 3.81. The minimum Gasteiger partial charge on any atom is -0.345 e. The second-order valence-corrected chi connectivity index (χ2v) is 8.53. The zero-order chi connectivity index (χ0) is 24.0. The van der Waals surface area contributed by atoms with Crippen LogP contribution in [0.1, 0.15) is 47.1 Å². The number of nitrogens with one attached hydrogen (secondary N) is 2. The van der Waals surface area contributed by atoms with Crippen LogP contribution in [0.3, 0.4) is 0 Å². The van der Waals surface area contributed by atoms with E-state index >= 15 is 4.39 Å². The Labute approximate surface area is 197 Å². The first-order valence-electron chi connectivity index (χ1n) is 11.2. The Morgan fingerprint density at radius 2 is 1.91 bits per heavy atom. The maximum absolute atomic E-state index is 15.2. The second-order valence-electron chi connectivity index (χ2n) is 8.53. The van der Waals surface area contributed by atoms with Gasteiger partial charge in [-0.3, -0.25) is 9.78 Å². The van der Waals surface area contributed by atoms with E-state index in [2.05, 4.69) is 25.7 Å². The number of fused-ring (bicyclic) bond motifs is 1. The van der Waals surface area contributed by atoms with Crippen LogP contribution in [0.5, 0.6) is 0 Å². The van der Waals surface area contributed by atoms with Crippen molar-refractivity contribution in [2.45, 2.75) is 40.3 Å². The molecule has 1 unspecified atom stereocenters. The molecule has 172 valence electrons. The predicted octanol–water partition coefficient (Wildman–Crippen LogP) is 5.33. The number of pyridine rings is 1. The molecule has 7 nitrogen and oxygen atoms in total. The molecule has 8 heteroatoms. The van der Waals surface area contributed by atoms with E-state index in [0.29, 0.717) is 29.4 Å². The van der Waals surface area contributed by atoms with Crippen LogP contribution in [0, 0.1) is 19.7 Å². The van der Waals surface area contributed by atoms with Gasteiger partial charge in [-0.05, 0) is 80.8 Å². The third-order valence-electron chi connectivity index (χ3n) is 6.12. The van der Waals surface area contributed by atoms with Crippen LogP contribution in [0.4, 0.5) is 16.0 Å². The van der Waals surface area contributed by atoms with E-state index in [1.54, 1.807) is 23.0 Å². The number of nitrogens with zero attached hydrogens (tertiary/aromatic N) is 4. The zero-order valence-corrected chi connectivity index (χ0v) is 19.5. The fraction of sp³-hybridized carbons (Fsp3) is 0.231. The molecular weight excluding hydrogens is 431 g/mol. The molecule has 2 N–H and O–H groups in total. The second kappa shape index (κ2) is 8.37. The fourth-order valence-corrected chi connectivity index (χ4v) is 4.25. The van der Waals surface area contributed by atoms with Crippen LogP contribution in [0.15, 0.2) is 48.7 Å². The van der Waals surface area contributed by atoms with Gasteiger partial charge >= 0.3 is 0 Å². The Morgan fingerprint density at radius 1 is 1.09 bits per heavy atom. The van der Waals surface area contributed by atoms with Crippen LogP contribution in [-0.2, 0) is 6.54 Å². The molecule has 34 heavy (non-hydrogen) atoms. The molecular formula is C26H25FN6O. The first-order chi connectivity index (χ1) is 16.3. The molecule has 1 amide bonds. The molecule has 4 aromatic rings. The summed E-state index contributed by atoms with van der Waals surface area (Å²) >= 11 is 0. The number of carbonyl (C=O) groups excluding carboxylic acids is 1. The fourth-order valence-electron chi connectivity index (χ4n) is 4.25. The summed E-state index contributed by atoms with van der Waals surface area (Å²) < 4.78 is 16.9. The number of rotatable bonds is 5. The lowest BCUT2D eigenvalue weighted by molar-refractivity contribution is 0.0958. The maximum Gasteiger partial charge on any atom is 0.252 e. The van der Waals surface area contributed by atoms with Crippen molar-refractivity contribution in [2.75, 3.05) is 5.32 Å². The number of aromatic nitrogens is 4. The van der Waals surface area contributed by atoms with Gasteiger partial charge < -0.3 is 10.6 Å². The van der Waals surface area contributed by atoms with Gasteiger partial charge in [-0.1, -0.05) is 6.07 Å². The summed E-state index contributed by atoms with van der Waals surface area (Å²) in [5, 5.41) is 10.7. The summed E-state index contributed by atoms with van der Waals surface area (Å²) in [6.07, 6.45) is 1.75. The lowest BCUT2D eigenvalue weighted by atomic mass is 9.98. The van der Waals surface area contributed by atoms with Crippen molar-refractivity contribution in [1.29, 1.82) is 0 Å². The van der Waals surface area contributed by atoms with E-state index in [4.69, 9.17) is 0 Å². The van der Waals surface area contributed by atoms with Gasteiger partial charge in [-0.15, -0.1) is 5.10 Å². The average Bonchev–Trinajstić information content (AvgIpc) is 3.35. The first-order valence-corrected chi connectivity index (χ1v) is 11.2. The van der Waals surface area contributed by atoms with Gasteiger partial charge in [0.25, 0.3) is 5.91 Å². The molecule has 5 rings (SSSR count). The molecule has 2 aromatic carbocycles. The highest BCUT2D eigenvalue weighted by Crippen LogP contribution is 2.32. The van der Waals surface area contributed by atoms with Gasteiger partial charge in [0.15, 0.2) is 5.82 Å². The van der Waals surface area contributed by atoms with Gasteiger partial charge in [0, 0.05) is 35.2 Å². The van der Waals surface area contributed by atoms with Gasteiger partial charge in [0.1, 0.15) is 5.82 Å². The predicted molar refractivity (Wildman–Crippen MR) is 129 cm³/mol. The minimum absolute atomic E-state index is 0.0526. The smallest absolute Gasteiger partial charge is 0.252 e. The SMILES string of the molecule is CCn1nc(-c2cc(C)c(-c3ccc(C)nc3)cc2F)nc1Nc1ccc2c(c1)C(C)NC2=O. The van der Waals surface area contributed by atoms with E-state index in [-0.39, 0.29) is 11.9 Å². The number of hydrogen-bond donors (Lipinski definition) is 2. The van der Waals surface area contributed by atoms with Crippen molar-refractivity contribution in [2.24, 2.45) is 0 Å². The lowest BCUT2D eigenvalue weighted by Crippen LogP contribution is -2.16. The van der Waals surface area contributed by atoms with Crippen molar-refractivity contribution in [3.05, 3.63) is 76.9 Å². The summed E-state index contributed by atoms with van der Waals surface area (Å²) in [6, 6.07) is 12.7. The Morgan fingerprint density at radius 3 is 2.65 bits per heavy atom. The molecule has 0 spiro atoms. The maximum atomic E-state index is 15.2. The van der Waals surface area contributed by atoms with Crippen LogP contribution >= 0.6 is 0 Å². The van der Waals surface area contributed by atoms with E-state index in [1.807, 2.05) is 52.0 Å². The Balaban J connectivity index is 1.48. The lowest BCUT2D eigenvalue weighted by Gasteiger charge is -2.09. The molecule has 0 aliphatic carbocycles. The molecule has 1 aliphatic heterocycles. The van der Waals surface area contributed by atoms with E-state index in [1.165, 1.54) is 6.07 Å². The molecule has 0 bridgehead atoms. The molecule has 1 aliphatic rings. The first kappa shape index (κ1) is 21.8. The number of amides is 1. The van der Waals surface area contributed by atoms with Gasteiger partial charge in [0.2, 0.25) is 5.95 Å². The summed E-state index contributed by atoms with van der Waals surface area (Å²) in [4.78, 5) is 20.9. The molecule has 0 radical (unpaired) electrons. The van der Waals surface area contributed by atoms with E-state index in [0.717, 1.165) is 33.6 Å². The number of anilines is 2. The third-order valence-corrected chi connectivity index (χ3v) is 6.12. The summed E-state index contributed by atoms with van der Waals surface area (Å²) in [7, 11) is 0. The van der Waals surface area contributed by atoms with Crippen molar-refractivity contribution in [3.63, 3.8) is 0 Å². The molecule has 0 saturated carbocycles. The number of halogens is 1. The Hall–Kier alpha value is -4.07. The van der Waals surface area contributed by atoms with Gasteiger partial charge in [-0.2, -0.15) is 4.98 Å². The Kier molecular flexibility index (Phi) is 5.36. The quantitative estimate of drug-likeness (QED) is 0.424. The number of hydrogen-bond acceptors (Lipinski definition) is 5.